The van der Waals surface area contributed by atoms with Gasteiger partial charge in [-0.2, -0.15) is 0 Å². The number of benzene rings is 2. The first-order chi connectivity index (χ1) is 11.9. The second-order valence-corrected chi connectivity index (χ2v) is 8.17. The van der Waals surface area contributed by atoms with Crippen LogP contribution in [0, 0.1) is 0 Å². The van der Waals surface area contributed by atoms with Crippen molar-refractivity contribution in [3.05, 3.63) is 59.8 Å². The van der Waals surface area contributed by atoms with Crippen LogP contribution >= 0.6 is 11.6 Å². The molecular formula is C18H19ClN2O3S. The molecule has 0 spiro atoms. The zero-order valence-electron chi connectivity index (χ0n) is 14.0. The Hall–Kier alpha value is -2.02. The summed E-state index contributed by atoms with van der Waals surface area (Å²) in [7, 11) is 0.166. The van der Waals surface area contributed by atoms with Crippen molar-refractivity contribution in [1.82, 2.24) is 8.87 Å². The molecule has 0 amide bonds. The molecule has 0 fully saturated rings. The molecule has 25 heavy (non-hydrogen) atoms. The van der Waals surface area contributed by atoms with E-state index in [-0.39, 0.29) is 4.90 Å². The number of likely N-dealkylation sites (N-methyl/N-ethyl adjacent to an activating group) is 1. The van der Waals surface area contributed by atoms with Gasteiger partial charge < -0.3 is 9.64 Å². The molecule has 1 aromatic heterocycles. The Morgan fingerprint density at radius 3 is 2.52 bits per heavy atom. The lowest BCUT2D eigenvalue weighted by Gasteiger charge is -2.10. The lowest BCUT2D eigenvalue weighted by atomic mass is 10.2. The van der Waals surface area contributed by atoms with E-state index in [1.807, 2.05) is 19.0 Å². The van der Waals surface area contributed by atoms with Crippen LogP contribution in [0.3, 0.4) is 0 Å². The largest absolute Gasteiger partial charge is 0.490 e. The molecule has 2 aromatic carbocycles. The maximum atomic E-state index is 13.0. The Morgan fingerprint density at radius 2 is 1.84 bits per heavy atom. The molecule has 0 atom stereocenters. The number of rotatable bonds is 6. The fourth-order valence-electron chi connectivity index (χ4n) is 2.50. The van der Waals surface area contributed by atoms with Crippen LogP contribution in [0.5, 0.6) is 5.75 Å². The van der Waals surface area contributed by atoms with Crippen LogP contribution in [0.4, 0.5) is 0 Å². The Labute approximate surface area is 152 Å². The monoisotopic (exact) mass is 378 g/mol. The summed E-state index contributed by atoms with van der Waals surface area (Å²) in [6.07, 6.45) is 1.51. The molecular weight excluding hydrogens is 360 g/mol. The molecule has 3 rings (SSSR count). The first-order valence-electron chi connectivity index (χ1n) is 7.78. The summed E-state index contributed by atoms with van der Waals surface area (Å²) in [5.74, 6) is 0.521. The minimum Gasteiger partial charge on any atom is -0.490 e. The predicted molar refractivity (Wildman–Crippen MR) is 100 cm³/mol. The summed E-state index contributed by atoms with van der Waals surface area (Å²) >= 11 is 6.09. The van der Waals surface area contributed by atoms with Crippen molar-refractivity contribution in [3.63, 3.8) is 0 Å². The average molecular weight is 379 g/mol. The fraction of sp³-hybridized carbons (Fsp3) is 0.222. The van der Waals surface area contributed by atoms with Gasteiger partial charge in [0.25, 0.3) is 10.0 Å². The van der Waals surface area contributed by atoms with Crippen LogP contribution in [-0.2, 0) is 10.0 Å². The maximum absolute atomic E-state index is 13.0. The van der Waals surface area contributed by atoms with Gasteiger partial charge in [-0.1, -0.05) is 29.8 Å². The van der Waals surface area contributed by atoms with E-state index in [0.717, 1.165) is 6.54 Å². The molecule has 0 saturated carbocycles. The average Bonchev–Trinajstić information content (AvgIpc) is 2.94. The Kier molecular flexibility index (Phi) is 5.03. The molecule has 0 N–H and O–H groups in total. The summed E-state index contributed by atoms with van der Waals surface area (Å²) in [5, 5.41) is 1.18. The van der Waals surface area contributed by atoms with Crippen molar-refractivity contribution in [2.24, 2.45) is 0 Å². The second-order valence-electron chi connectivity index (χ2n) is 5.92. The van der Waals surface area contributed by atoms with Crippen LogP contribution in [0.15, 0.2) is 59.6 Å². The molecule has 132 valence electrons. The molecule has 5 nitrogen and oxygen atoms in total. The number of hydrogen-bond acceptors (Lipinski definition) is 4. The van der Waals surface area contributed by atoms with E-state index < -0.39 is 10.0 Å². The van der Waals surface area contributed by atoms with Crippen LogP contribution < -0.4 is 4.74 Å². The van der Waals surface area contributed by atoms with Crippen molar-refractivity contribution >= 4 is 32.5 Å². The van der Waals surface area contributed by atoms with Gasteiger partial charge in [0.2, 0.25) is 0 Å². The third-order valence-electron chi connectivity index (χ3n) is 3.79. The molecule has 0 aliphatic carbocycles. The van der Waals surface area contributed by atoms with Crippen LogP contribution in [0.25, 0.3) is 10.9 Å². The zero-order chi connectivity index (χ0) is 18.0. The summed E-state index contributed by atoms with van der Waals surface area (Å²) in [6, 6.07) is 13.4. The molecule has 0 saturated heterocycles. The van der Waals surface area contributed by atoms with E-state index in [4.69, 9.17) is 16.3 Å². The lowest BCUT2D eigenvalue weighted by molar-refractivity contribution is 0.263. The minimum absolute atomic E-state index is 0.215. The van der Waals surface area contributed by atoms with Crippen molar-refractivity contribution in [2.45, 2.75) is 4.90 Å². The van der Waals surface area contributed by atoms with E-state index in [0.29, 0.717) is 28.3 Å². The summed E-state index contributed by atoms with van der Waals surface area (Å²) in [4.78, 5) is 2.21. The van der Waals surface area contributed by atoms with Gasteiger partial charge in [-0.25, -0.2) is 12.4 Å². The van der Waals surface area contributed by atoms with E-state index in [2.05, 4.69) is 0 Å². The minimum atomic E-state index is -3.74. The van der Waals surface area contributed by atoms with E-state index in [1.165, 1.54) is 10.2 Å². The normalized spacial score (nSPS) is 12.0. The van der Waals surface area contributed by atoms with Gasteiger partial charge in [-0.05, 0) is 44.4 Å². The number of aromatic nitrogens is 1. The number of ether oxygens (including phenoxy) is 1. The summed E-state index contributed by atoms with van der Waals surface area (Å²) < 4.78 is 33.1. The molecule has 0 radical (unpaired) electrons. The van der Waals surface area contributed by atoms with E-state index in [1.54, 1.807) is 48.5 Å². The molecule has 0 aliphatic rings. The van der Waals surface area contributed by atoms with Crippen molar-refractivity contribution in [1.29, 1.82) is 0 Å². The van der Waals surface area contributed by atoms with Gasteiger partial charge in [0.15, 0.2) is 0 Å². The molecule has 1 heterocycles. The third-order valence-corrected chi connectivity index (χ3v) is 5.72. The van der Waals surface area contributed by atoms with Gasteiger partial charge >= 0.3 is 0 Å². The number of hydrogen-bond donors (Lipinski definition) is 0. The quantitative estimate of drug-likeness (QED) is 0.659. The highest BCUT2D eigenvalue weighted by molar-refractivity contribution is 7.90. The fourth-order valence-corrected chi connectivity index (χ4v) is 4.04. The van der Waals surface area contributed by atoms with Crippen molar-refractivity contribution in [3.8, 4) is 5.75 Å². The smallest absolute Gasteiger partial charge is 0.268 e. The highest BCUT2D eigenvalue weighted by atomic mass is 35.5. The number of halogens is 1. The van der Waals surface area contributed by atoms with Gasteiger partial charge in [-0.3, -0.25) is 0 Å². The highest BCUT2D eigenvalue weighted by Gasteiger charge is 2.22. The Balaban J connectivity index is 2.10. The predicted octanol–water partition coefficient (Wildman–Crippen LogP) is 3.47. The summed E-state index contributed by atoms with van der Waals surface area (Å²) in [5.41, 5.74) is 0.496. The molecule has 3 aromatic rings. The van der Waals surface area contributed by atoms with Crippen LogP contribution in [0.2, 0.25) is 5.02 Å². The van der Waals surface area contributed by atoms with Crippen molar-refractivity contribution < 1.29 is 13.2 Å². The first kappa shape index (κ1) is 17.8. The van der Waals surface area contributed by atoms with Gasteiger partial charge in [0, 0.05) is 17.0 Å². The van der Waals surface area contributed by atoms with Gasteiger partial charge in [-0.15, -0.1) is 0 Å². The zero-order valence-corrected chi connectivity index (χ0v) is 15.6. The molecule has 0 unspecified atom stereocenters. The van der Waals surface area contributed by atoms with E-state index >= 15 is 0 Å². The van der Waals surface area contributed by atoms with Crippen LogP contribution in [0.1, 0.15) is 0 Å². The number of nitrogens with zero attached hydrogens (tertiary/aromatic N) is 2. The second kappa shape index (κ2) is 7.07. The molecule has 0 bridgehead atoms. The molecule has 0 aliphatic heterocycles. The lowest BCUT2D eigenvalue weighted by Crippen LogP contribution is -2.19. The Bertz CT molecular complexity index is 982. The van der Waals surface area contributed by atoms with E-state index in [9.17, 15) is 8.42 Å². The topological polar surface area (TPSA) is 51.5 Å². The molecule has 7 heteroatoms. The number of fused-ring (bicyclic) bond motifs is 1. The van der Waals surface area contributed by atoms with Gasteiger partial charge in [0.1, 0.15) is 12.4 Å². The SMILES string of the molecule is CN(C)CCOc1cn(S(=O)(=O)c2ccccc2)c2cc(Cl)ccc12. The highest BCUT2D eigenvalue weighted by Crippen LogP contribution is 2.33. The van der Waals surface area contributed by atoms with Crippen LogP contribution in [-0.4, -0.2) is 44.5 Å². The Morgan fingerprint density at radius 1 is 1.12 bits per heavy atom. The van der Waals surface area contributed by atoms with Gasteiger partial charge in [0.05, 0.1) is 16.6 Å². The third kappa shape index (κ3) is 3.66. The standard InChI is InChI=1S/C18H19ClN2O3S/c1-20(2)10-11-24-18-13-21(17-12-14(19)8-9-16(17)18)25(22,23)15-6-4-3-5-7-15/h3-9,12-13H,10-11H2,1-2H3. The summed E-state index contributed by atoms with van der Waals surface area (Å²) in [6.45, 7) is 1.19. The van der Waals surface area contributed by atoms with Crippen molar-refractivity contribution in [2.75, 3.05) is 27.2 Å². The maximum Gasteiger partial charge on any atom is 0.268 e. The first-order valence-corrected chi connectivity index (χ1v) is 9.60.